The quantitative estimate of drug-likeness (QED) is 0.912. The summed E-state index contributed by atoms with van der Waals surface area (Å²) in [6, 6.07) is 3.58. The minimum absolute atomic E-state index is 0.137. The molecule has 0 aromatic heterocycles. The Kier molecular flexibility index (Phi) is 4.47. The molecule has 0 saturated carbocycles. The standard InChI is InChI=1S/C14H17F2NO2/c1-2-12-9(6-7-19-12)8-17-14(18)10-4-3-5-11(15)13(10)16/h3-5,9,12H,2,6-8H2,1H3,(H,17,18). The van der Waals surface area contributed by atoms with Crippen molar-refractivity contribution in [1.82, 2.24) is 5.32 Å². The first-order valence-corrected chi connectivity index (χ1v) is 6.47. The molecule has 2 atom stereocenters. The molecule has 0 radical (unpaired) electrons. The van der Waals surface area contributed by atoms with Gasteiger partial charge in [0.1, 0.15) is 0 Å². The van der Waals surface area contributed by atoms with E-state index in [-0.39, 0.29) is 17.6 Å². The van der Waals surface area contributed by atoms with Crippen LogP contribution in [0.5, 0.6) is 0 Å². The second kappa shape index (κ2) is 6.10. The highest BCUT2D eigenvalue weighted by Gasteiger charge is 2.27. The molecule has 1 heterocycles. The maximum Gasteiger partial charge on any atom is 0.254 e. The first-order chi connectivity index (χ1) is 9.13. The molecule has 0 spiro atoms. The Morgan fingerprint density at radius 3 is 3.00 bits per heavy atom. The number of nitrogens with one attached hydrogen (secondary N) is 1. The predicted octanol–water partition coefficient (Wildman–Crippen LogP) is 2.51. The minimum Gasteiger partial charge on any atom is -0.378 e. The lowest BCUT2D eigenvalue weighted by Crippen LogP contribution is -2.33. The second-order valence-corrected chi connectivity index (χ2v) is 4.68. The SMILES string of the molecule is CCC1OCCC1CNC(=O)c1cccc(F)c1F. The summed E-state index contributed by atoms with van der Waals surface area (Å²) < 4.78 is 32.0. The highest BCUT2D eigenvalue weighted by atomic mass is 19.2. The number of amides is 1. The number of carbonyl (C=O) groups excluding carboxylic acids is 1. The highest BCUT2D eigenvalue weighted by Crippen LogP contribution is 2.22. The number of benzene rings is 1. The number of halogens is 2. The summed E-state index contributed by atoms with van der Waals surface area (Å²) in [6.45, 7) is 3.14. The summed E-state index contributed by atoms with van der Waals surface area (Å²) in [5.41, 5.74) is -0.257. The van der Waals surface area contributed by atoms with Crippen molar-refractivity contribution in [2.75, 3.05) is 13.2 Å². The number of ether oxygens (including phenoxy) is 1. The van der Waals surface area contributed by atoms with Crippen molar-refractivity contribution >= 4 is 5.91 Å². The van der Waals surface area contributed by atoms with Gasteiger partial charge in [-0.05, 0) is 25.0 Å². The molecule has 1 aromatic carbocycles. The molecule has 19 heavy (non-hydrogen) atoms. The van der Waals surface area contributed by atoms with Crippen molar-refractivity contribution in [3.8, 4) is 0 Å². The van der Waals surface area contributed by atoms with Gasteiger partial charge in [0.05, 0.1) is 11.7 Å². The van der Waals surface area contributed by atoms with Gasteiger partial charge in [0.25, 0.3) is 5.91 Å². The minimum atomic E-state index is -1.10. The third-order valence-corrected chi connectivity index (χ3v) is 3.47. The molecule has 1 fully saturated rings. The smallest absolute Gasteiger partial charge is 0.254 e. The maximum absolute atomic E-state index is 13.4. The summed E-state index contributed by atoms with van der Waals surface area (Å²) in [4.78, 5) is 11.8. The van der Waals surface area contributed by atoms with Crippen LogP contribution in [0.15, 0.2) is 18.2 Å². The lowest BCUT2D eigenvalue weighted by molar-refractivity contribution is 0.0825. The molecule has 5 heteroatoms. The van der Waals surface area contributed by atoms with Crippen LogP contribution in [0.2, 0.25) is 0 Å². The van der Waals surface area contributed by atoms with E-state index in [4.69, 9.17) is 4.74 Å². The van der Waals surface area contributed by atoms with Gasteiger partial charge >= 0.3 is 0 Å². The number of carbonyl (C=O) groups is 1. The van der Waals surface area contributed by atoms with Crippen LogP contribution in [-0.2, 0) is 4.74 Å². The van der Waals surface area contributed by atoms with Gasteiger partial charge in [-0.25, -0.2) is 8.78 Å². The predicted molar refractivity (Wildman–Crippen MR) is 66.8 cm³/mol. The summed E-state index contributed by atoms with van der Waals surface area (Å²) >= 11 is 0. The summed E-state index contributed by atoms with van der Waals surface area (Å²) in [7, 11) is 0. The Morgan fingerprint density at radius 1 is 1.47 bits per heavy atom. The molecule has 2 unspecified atom stereocenters. The second-order valence-electron chi connectivity index (χ2n) is 4.68. The molecule has 2 rings (SSSR count). The lowest BCUT2D eigenvalue weighted by atomic mass is 9.99. The van der Waals surface area contributed by atoms with Gasteiger partial charge < -0.3 is 10.1 Å². The molecule has 1 aliphatic heterocycles. The molecule has 1 amide bonds. The Labute approximate surface area is 111 Å². The Hall–Kier alpha value is -1.49. The van der Waals surface area contributed by atoms with Crippen molar-refractivity contribution in [2.45, 2.75) is 25.9 Å². The van der Waals surface area contributed by atoms with E-state index < -0.39 is 17.5 Å². The van der Waals surface area contributed by atoms with Crippen LogP contribution in [-0.4, -0.2) is 25.2 Å². The van der Waals surface area contributed by atoms with Crippen LogP contribution in [0, 0.1) is 17.6 Å². The van der Waals surface area contributed by atoms with E-state index in [0.717, 1.165) is 18.9 Å². The van der Waals surface area contributed by atoms with Gasteiger partial charge in [-0.1, -0.05) is 13.0 Å². The van der Waals surface area contributed by atoms with Crippen LogP contribution in [0.3, 0.4) is 0 Å². The monoisotopic (exact) mass is 269 g/mol. The fourth-order valence-corrected chi connectivity index (χ4v) is 2.38. The lowest BCUT2D eigenvalue weighted by Gasteiger charge is -2.17. The number of hydrogen-bond acceptors (Lipinski definition) is 2. The first kappa shape index (κ1) is 13.9. The van der Waals surface area contributed by atoms with Crippen molar-refractivity contribution in [2.24, 2.45) is 5.92 Å². The first-order valence-electron chi connectivity index (χ1n) is 6.47. The van der Waals surface area contributed by atoms with E-state index in [0.29, 0.717) is 13.2 Å². The van der Waals surface area contributed by atoms with E-state index in [1.807, 2.05) is 6.92 Å². The average molecular weight is 269 g/mol. The largest absolute Gasteiger partial charge is 0.378 e. The van der Waals surface area contributed by atoms with Crippen molar-refractivity contribution < 1.29 is 18.3 Å². The van der Waals surface area contributed by atoms with E-state index in [1.165, 1.54) is 12.1 Å². The van der Waals surface area contributed by atoms with Gasteiger partial charge in [0, 0.05) is 19.1 Å². The van der Waals surface area contributed by atoms with Gasteiger partial charge in [-0.2, -0.15) is 0 Å². The van der Waals surface area contributed by atoms with Gasteiger partial charge in [-0.15, -0.1) is 0 Å². The maximum atomic E-state index is 13.4. The summed E-state index contributed by atoms with van der Waals surface area (Å²) in [6.07, 6.45) is 1.90. The molecular formula is C14H17F2NO2. The van der Waals surface area contributed by atoms with Gasteiger partial charge in [0.15, 0.2) is 11.6 Å². The Balaban J connectivity index is 1.96. The molecule has 1 aliphatic rings. The topological polar surface area (TPSA) is 38.3 Å². The van der Waals surface area contributed by atoms with Gasteiger partial charge in [-0.3, -0.25) is 4.79 Å². The fraction of sp³-hybridized carbons (Fsp3) is 0.500. The van der Waals surface area contributed by atoms with E-state index in [9.17, 15) is 13.6 Å². The van der Waals surface area contributed by atoms with Crippen molar-refractivity contribution in [1.29, 1.82) is 0 Å². The summed E-state index contributed by atoms with van der Waals surface area (Å²) in [5.74, 6) is -2.46. The van der Waals surface area contributed by atoms with Crippen molar-refractivity contribution in [3.63, 3.8) is 0 Å². The third kappa shape index (κ3) is 3.10. The van der Waals surface area contributed by atoms with E-state index >= 15 is 0 Å². The van der Waals surface area contributed by atoms with Crippen LogP contribution in [0.1, 0.15) is 30.1 Å². The fourth-order valence-electron chi connectivity index (χ4n) is 2.38. The zero-order valence-corrected chi connectivity index (χ0v) is 10.8. The van der Waals surface area contributed by atoms with Crippen LogP contribution in [0.4, 0.5) is 8.78 Å². The van der Waals surface area contributed by atoms with Crippen LogP contribution >= 0.6 is 0 Å². The number of rotatable bonds is 4. The van der Waals surface area contributed by atoms with Gasteiger partial charge in [0.2, 0.25) is 0 Å². The highest BCUT2D eigenvalue weighted by molar-refractivity contribution is 5.94. The Morgan fingerprint density at radius 2 is 2.26 bits per heavy atom. The zero-order valence-electron chi connectivity index (χ0n) is 10.8. The third-order valence-electron chi connectivity index (χ3n) is 3.47. The molecule has 1 aromatic rings. The Bertz CT molecular complexity index is 465. The summed E-state index contributed by atoms with van der Waals surface area (Å²) in [5, 5.41) is 2.65. The number of hydrogen-bond donors (Lipinski definition) is 1. The molecule has 1 saturated heterocycles. The molecule has 104 valence electrons. The normalized spacial score (nSPS) is 22.5. The zero-order chi connectivity index (χ0) is 13.8. The van der Waals surface area contributed by atoms with E-state index in [1.54, 1.807) is 0 Å². The molecule has 0 aliphatic carbocycles. The van der Waals surface area contributed by atoms with Crippen LogP contribution < -0.4 is 5.32 Å². The average Bonchev–Trinajstić information content (AvgIpc) is 2.86. The molecule has 3 nitrogen and oxygen atoms in total. The molecular weight excluding hydrogens is 252 g/mol. The van der Waals surface area contributed by atoms with Crippen LogP contribution in [0.25, 0.3) is 0 Å². The molecule has 0 bridgehead atoms. The molecule has 1 N–H and O–H groups in total. The van der Waals surface area contributed by atoms with E-state index in [2.05, 4.69) is 5.32 Å². The van der Waals surface area contributed by atoms with Crippen molar-refractivity contribution in [3.05, 3.63) is 35.4 Å².